The number of nitrogens with zero attached hydrogens (tertiary/aromatic N) is 2. The third kappa shape index (κ3) is 4.83. The number of Topliss-reactive ketones (excluding diaryl/α,β-unsaturated/α-hetero) is 1. The Bertz CT molecular complexity index is 1680. The van der Waals surface area contributed by atoms with Crippen molar-refractivity contribution in [2.24, 2.45) is 5.41 Å². The van der Waals surface area contributed by atoms with Crippen LogP contribution in [0.15, 0.2) is 65.3 Å². The molecule has 0 bridgehead atoms. The van der Waals surface area contributed by atoms with Gasteiger partial charge in [0, 0.05) is 40.2 Å². The molecule has 0 aliphatic rings. The fourth-order valence-electron chi connectivity index (χ4n) is 4.17. The number of pyridine rings is 1. The number of carbonyl (C=O) groups is 2. The SMILES string of the molecule is CC(=O)Nc1c(C(=O)C(C)(C)C)oc2nc(-c3ccc(-c4cn[nH]c4)cc3Cl)c(-c3ccc(Cl)cc3)cc12. The second kappa shape index (κ2) is 9.74. The van der Waals surface area contributed by atoms with Gasteiger partial charge in [-0.15, -0.1) is 0 Å². The van der Waals surface area contributed by atoms with Gasteiger partial charge in [-0.2, -0.15) is 5.10 Å². The van der Waals surface area contributed by atoms with Gasteiger partial charge in [-0.05, 0) is 35.4 Å². The smallest absolute Gasteiger partial charge is 0.229 e. The molecule has 2 N–H and O–H groups in total. The molecule has 0 atom stereocenters. The highest BCUT2D eigenvalue weighted by Crippen LogP contribution is 2.42. The highest BCUT2D eigenvalue weighted by molar-refractivity contribution is 6.34. The predicted octanol–water partition coefficient (Wildman–Crippen LogP) is 8.05. The monoisotopic (exact) mass is 546 g/mol. The molecule has 0 spiro atoms. The van der Waals surface area contributed by atoms with E-state index in [9.17, 15) is 9.59 Å². The summed E-state index contributed by atoms with van der Waals surface area (Å²) >= 11 is 13.0. The van der Waals surface area contributed by atoms with Crippen molar-refractivity contribution >= 4 is 51.7 Å². The number of ketones is 1. The molecule has 0 aliphatic heterocycles. The fourth-order valence-corrected chi connectivity index (χ4v) is 4.57. The number of furan rings is 1. The van der Waals surface area contributed by atoms with Crippen LogP contribution in [0.25, 0.3) is 44.6 Å². The summed E-state index contributed by atoms with van der Waals surface area (Å²) < 4.78 is 6.03. The molecule has 5 aromatic rings. The van der Waals surface area contributed by atoms with E-state index < -0.39 is 5.41 Å². The first-order chi connectivity index (χ1) is 18.0. The number of anilines is 1. The van der Waals surface area contributed by atoms with Crippen LogP contribution in [0.1, 0.15) is 38.2 Å². The molecule has 0 saturated heterocycles. The Hall–Kier alpha value is -3.94. The van der Waals surface area contributed by atoms with Crippen molar-refractivity contribution in [1.29, 1.82) is 0 Å². The lowest BCUT2D eigenvalue weighted by Gasteiger charge is -2.15. The van der Waals surface area contributed by atoms with Crippen molar-refractivity contribution in [2.75, 3.05) is 5.32 Å². The summed E-state index contributed by atoms with van der Waals surface area (Å²) in [7, 11) is 0. The average molecular weight is 547 g/mol. The van der Waals surface area contributed by atoms with Crippen molar-refractivity contribution in [3.8, 4) is 33.5 Å². The van der Waals surface area contributed by atoms with Crippen molar-refractivity contribution in [2.45, 2.75) is 27.7 Å². The maximum Gasteiger partial charge on any atom is 0.229 e. The summed E-state index contributed by atoms with van der Waals surface area (Å²) in [5.74, 6) is -0.530. The largest absolute Gasteiger partial charge is 0.432 e. The number of hydrogen-bond acceptors (Lipinski definition) is 5. The number of hydrogen-bond donors (Lipinski definition) is 2. The number of fused-ring (bicyclic) bond motifs is 1. The minimum Gasteiger partial charge on any atom is -0.432 e. The minimum atomic E-state index is -0.741. The maximum atomic E-state index is 13.3. The third-order valence-electron chi connectivity index (χ3n) is 6.08. The lowest BCUT2D eigenvalue weighted by Crippen LogP contribution is -2.21. The van der Waals surface area contributed by atoms with Crippen LogP contribution in [-0.4, -0.2) is 26.9 Å². The molecule has 192 valence electrons. The number of halogens is 2. The molecule has 38 heavy (non-hydrogen) atoms. The molecule has 9 heteroatoms. The molecular formula is C29H24Cl2N4O3. The Labute approximate surface area is 229 Å². The summed E-state index contributed by atoms with van der Waals surface area (Å²) in [6, 6.07) is 14.8. The van der Waals surface area contributed by atoms with Crippen LogP contribution in [0.2, 0.25) is 10.0 Å². The Morgan fingerprint density at radius 1 is 0.947 bits per heavy atom. The fraction of sp³-hybridized carbons (Fsp3) is 0.172. The molecule has 3 aromatic heterocycles. The van der Waals surface area contributed by atoms with E-state index in [2.05, 4.69) is 15.5 Å². The Morgan fingerprint density at radius 2 is 1.66 bits per heavy atom. The third-order valence-corrected chi connectivity index (χ3v) is 6.65. The van der Waals surface area contributed by atoms with E-state index in [4.69, 9.17) is 32.6 Å². The first kappa shape index (κ1) is 25.7. The highest BCUT2D eigenvalue weighted by atomic mass is 35.5. The lowest BCUT2D eigenvalue weighted by molar-refractivity contribution is -0.114. The van der Waals surface area contributed by atoms with Crippen molar-refractivity contribution in [3.63, 3.8) is 0 Å². The standard InChI is InChI=1S/C29H24Cl2N4O3/c1-15(36)34-25-22-12-21(16-5-8-19(30)9-6-16)24(35-28(22)38-26(25)27(37)29(2,3)4)20-10-7-17(11-23(20)31)18-13-32-33-14-18/h5-14H,1-4H3,(H,32,33)(H,34,36). The molecule has 0 unspecified atom stereocenters. The quantitative estimate of drug-likeness (QED) is 0.217. The van der Waals surface area contributed by atoms with Crippen LogP contribution in [0.3, 0.4) is 0 Å². The molecule has 0 aliphatic carbocycles. The van der Waals surface area contributed by atoms with Gasteiger partial charge in [0.05, 0.1) is 22.3 Å². The van der Waals surface area contributed by atoms with E-state index in [0.29, 0.717) is 32.4 Å². The van der Waals surface area contributed by atoms with Crippen LogP contribution in [0, 0.1) is 5.41 Å². The summed E-state index contributed by atoms with van der Waals surface area (Å²) in [6.07, 6.45) is 3.50. The van der Waals surface area contributed by atoms with E-state index >= 15 is 0 Å². The van der Waals surface area contributed by atoms with Gasteiger partial charge in [-0.25, -0.2) is 4.98 Å². The topological polar surface area (TPSA) is 101 Å². The highest BCUT2D eigenvalue weighted by Gasteiger charge is 2.32. The minimum absolute atomic E-state index is 0.0517. The van der Waals surface area contributed by atoms with Crippen molar-refractivity contribution in [1.82, 2.24) is 15.2 Å². The van der Waals surface area contributed by atoms with E-state index in [-0.39, 0.29) is 23.2 Å². The van der Waals surface area contributed by atoms with Crippen molar-refractivity contribution in [3.05, 3.63) is 76.7 Å². The number of benzene rings is 2. The Morgan fingerprint density at radius 3 is 2.26 bits per heavy atom. The van der Waals surface area contributed by atoms with Crippen LogP contribution < -0.4 is 5.32 Å². The number of amides is 1. The number of rotatable bonds is 5. The van der Waals surface area contributed by atoms with Crippen molar-refractivity contribution < 1.29 is 14.0 Å². The van der Waals surface area contributed by atoms with Gasteiger partial charge < -0.3 is 9.73 Å². The first-order valence-corrected chi connectivity index (χ1v) is 12.6. The van der Waals surface area contributed by atoms with Gasteiger partial charge in [-0.1, -0.05) is 68.2 Å². The molecule has 7 nitrogen and oxygen atoms in total. The van der Waals surface area contributed by atoms with Gasteiger partial charge >= 0.3 is 0 Å². The number of H-pyrrole nitrogens is 1. The molecular weight excluding hydrogens is 523 g/mol. The first-order valence-electron chi connectivity index (χ1n) is 11.9. The summed E-state index contributed by atoms with van der Waals surface area (Å²) in [5.41, 5.74) is 4.35. The summed E-state index contributed by atoms with van der Waals surface area (Å²) in [6.45, 7) is 6.76. The molecule has 5 rings (SSSR count). The zero-order valence-corrected chi connectivity index (χ0v) is 22.7. The van der Waals surface area contributed by atoms with E-state index in [1.807, 2.05) is 36.4 Å². The lowest BCUT2D eigenvalue weighted by atomic mass is 9.88. The van der Waals surface area contributed by atoms with Crippen LogP contribution in [0.4, 0.5) is 5.69 Å². The molecule has 3 heterocycles. The van der Waals surface area contributed by atoms with Crippen LogP contribution >= 0.6 is 23.2 Å². The predicted molar refractivity (Wildman–Crippen MR) is 151 cm³/mol. The van der Waals surface area contributed by atoms with Gasteiger partial charge in [0.1, 0.15) is 5.69 Å². The van der Waals surface area contributed by atoms with Crippen LogP contribution in [0.5, 0.6) is 0 Å². The number of nitrogens with one attached hydrogen (secondary N) is 2. The summed E-state index contributed by atoms with van der Waals surface area (Å²) in [5, 5.41) is 11.2. The normalized spacial score (nSPS) is 11.6. The zero-order valence-electron chi connectivity index (χ0n) is 21.1. The molecule has 0 fully saturated rings. The van der Waals surface area contributed by atoms with Gasteiger partial charge in [0.15, 0.2) is 5.76 Å². The number of carbonyl (C=O) groups excluding carboxylic acids is 2. The number of aromatic amines is 1. The zero-order chi connectivity index (χ0) is 27.2. The van der Waals surface area contributed by atoms with Gasteiger partial charge in [0.25, 0.3) is 0 Å². The average Bonchev–Trinajstić information content (AvgIpc) is 3.51. The molecule has 0 saturated carbocycles. The van der Waals surface area contributed by atoms with E-state index in [1.54, 1.807) is 45.3 Å². The summed E-state index contributed by atoms with van der Waals surface area (Å²) in [4.78, 5) is 30.2. The molecule has 0 radical (unpaired) electrons. The number of aromatic nitrogens is 3. The van der Waals surface area contributed by atoms with Gasteiger partial charge in [-0.3, -0.25) is 14.7 Å². The second-order valence-corrected chi connectivity index (χ2v) is 10.8. The van der Waals surface area contributed by atoms with Crippen LogP contribution in [-0.2, 0) is 4.79 Å². The Kier molecular flexibility index (Phi) is 6.59. The van der Waals surface area contributed by atoms with E-state index in [0.717, 1.165) is 22.3 Å². The maximum absolute atomic E-state index is 13.3. The van der Waals surface area contributed by atoms with E-state index in [1.165, 1.54) is 6.92 Å². The molecule has 2 aromatic carbocycles. The Balaban J connectivity index is 1.79. The molecule has 1 amide bonds. The van der Waals surface area contributed by atoms with Gasteiger partial charge in [0.2, 0.25) is 17.4 Å². The second-order valence-electron chi connectivity index (χ2n) is 9.99.